The summed E-state index contributed by atoms with van der Waals surface area (Å²) in [6.07, 6.45) is 16.4. The Balaban J connectivity index is 2.75. The lowest BCUT2D eigenvalue weighted by Crippen LogP contribution is -2.43. The largest absolute Gasteiger partial charge is 0.481 e. The Labute approximate surface area is 236 Å². The highest BCUT2D eigenvalue weighted by Crippen LogP contribution is 2.44. The number of carboxylic acids is 1. The van der Waals surface area contributed by atoms with Crippen molar-refractivity contribution in [3.63, 3.8) is 0 Å². The molecule has 0 aliphatic rings. The third-order valence-corrected chi connectivity index (χ3v) is 9.01. The van der Waals surface area contributed by atoms with E-state index in [4.69, 9.17) is 0 Å². The van der Waals surface area contributed by atoms with Crippen molar-refractivity contribution in [1.29, 1.82) is 0 Å². The van der Waals surface area contributed by atoms with Crippen molar-refractivity contribution in [3.05, 3.63) is 35.9 Å². The molecule has 3 heteroatoms. The lowest BCUT2D eigenvalue weighted by atomic mass is 9.63. The molecular formula is C35H62O3. The second-order valence-electron chi connectivity index (χ2n) is 14.3. The van der Waals surface area contributed by atoms with Crippen LogP contribution in [-0.4, -0.2) is 22.3 Å². The Morgan fingerprint density at radius 2 is 1.11 bits per heavy atom. The maximum Gasteiger partial charge on any atom is 0.313 e. The van der Waals surface area contributed by atoms with Crippen LogP contribution >= 0.6 is 0 Å². The molecule has 0 saturated carbocycles. The van der Waals surface area contributed by atoms with Gasteiger partial charge in [0, 0.05) is 0 Å². The van der Waals surface area contributed by atoms with Gasteiger partial charge in [-0.05, 0) is 54.4 Å². The second kappa shape index (κ2) is 16.7. The molecule has 2 N–H and O–H groups in total. The molecule has 1 rings (SSSR count). The molecule has 0 radical (unpaired) electrons. The van der Waals surface area contributed by atoms with E-state index in [1.165, 1.54) is 64.2 Å². The van der Waals surface area contributed by atoms with E-state index in [0.29, 0.717) is 12.8 Å². The molecule has 0 aliphatic carbocycles. The predicted molar refractivity (Wildman–Crippen MR) is 164 cm³/mol. The molecule has 220 valence electrons. The summed E-state index contributed by atoms with van der Waals surface area (Å²) in [5.74, 6) is -0.570. The van der Waals surface area contributed by atoms with Gasteiger partial charge in [0.2, 0.25) is 0 Å². The summed E-state index contributed by atoms with van der Waals surface area (Å²) in [6.45, 7) is 17.5. The number of aliphatic carboxylic acids is 1. The Bertz CT molecular complexity index is 758. The van der Waals surface area contributed by atoms with Gasteiger partial charge in [-0.25, -0.2) is 0 Å². The number of aliphatic hydroxyl groups excluding tert-OH is 1. The molecule has 0 aliphatic heterocycles. The van der Waals surface area contributed by atoms with Crippen molar-refractivity contribution >= 4 is 5.97 Å². The molecule has 0 aromatic heterocycles. The van der Waals surface area contributed by atoms with Gasteiger partial charge in [0.05, 0.1) is 11.5 Å². The molecular weight excluding hydrogens is 468 g/mol. The summed E-state index contributed by atoms with van der Waals surface area (Å²) in [4.78, 5) is 12.4. The molecule has 0 saturated heterocycles. The number of carboxylic acid groups (broad SMARTS) is 1. The minimum absolute atomic E-state index is 0.00304. The van der Waals surface area contributed by atoms with Crippen molar-refractivity contribution in [2.45, 2.75) is 157 Å². The van der Waals surface area contributed by atoms with Crippen molar-refractivity contribution in [3.8, 4) is 0 Å². The summed E-state index contributed by atoms with van der Waals surface area (Å²) in [7, 11) is 0. The maximum absolute atomic E-state index is 12.4. The van der Waals surface area contributed by atoms with Crippen molar-refractivity contribution in [1.82, 2.24) is 0 Å². The smallest absolute Gasteiger partial charge is 0.313 e. The average Bonchev–Trinajstić information content (AvgIpc) is 2.83. The van der Waals surface area contributed by atoms with Crippen LogP contribution in [0.25, 0.3) is 0 Å². The molecule has 1 aromatic rings. The molecule has 4 unspecified atom stereocenters. The van der Waals surface area contributed by atoms with Gasteiger partial charge in [-0.2, -0.15) is 0 Å². The average molecular weight is 531 g/mol. The Morgan fingerprint density at radius 1 is 0.684 bits per heavy atom. The highest BCUT2D eigenvalue weighted by atomic mass is 16.4. The van der Waals surface area contributed by atoms with Crippen LogP contribution in [0.3, 0.4) is 0 Å². The molecule has 38 heavy (non-hydrogen) atoms. The van der Waals surface area contributed by atoms with Crippen LogP contribution < -0.4 is 0 Å². The first kappa shape index (κ1) is 34.7. The zero-order valence-corrected chi connectivity index (χ0v) is 26.3. The molecule has 0 bridgehead atoms. The lowest BCUT2D eigenvalue weighted by molar-refractivity contribution is -0.144. The highest BCUT2D eigenvalue weighted by molar-refractivity contribution is 5.80. The number of hydrogen-bond donors (Lipinski definition) is 2. The maximum atomic E-state index is 12.4. The van der Waals surface area contributed by atoms with Gasteiger partial charge in [0.15, 0.2) is 0 Å². The van der Waals surface area contributed by atoms with E-state index in [2.05, 4.69) is 48.5 Å². The van der Waals surface area contributed by atoms with E-state index in [-0.39, 0.29) is 22.7 Å². The Kier molecular flexibility index (Phi) is 15.2. The van der Waals surface area contributed by atoms with Crippen molar-refractivity contribution < 1.29 is 15.0 Å². The third kappa shape index (κ3) is 11.8. The number of hydrogen-bond acceptors (Lipinski definition) is 2. The van der Waals surface area contributed by atoms with Crippen LogP contribution in [0.15, 0.2) is 30.3 Å². The van der Waals surface area contributed by atoms with Gasteiger partial charge in [0.25, 0.3) is 0 Å². The first-order valence-corrected chi connectivity index (χ1v) is 15.7. The Hall–Kier alpha value is -1.35. The van der Waals surface area contributed by atoms with E-state index in [9.17, 15) is 15.0 Å². The standard InChI is InChI=1S/C35H62O3/c1-9-10-11-12-13-14-15-16-17-18-22-25-29(33(2,3)4)31(36)30(34(5,6)7)26-27-35(8,32(37)38)28-23-20-19-21-24-28/h19-21,23-24,29-31,36H,9-18,22,25-27H2,1-8H3,(H,37,38). The number of benzene rings is 1. The van der Waals surface area contributed by atoms with Crippen molar-refractivity contribution in [2.75, 3.05) is 0 Å². The molecule has 3 nitrogen and oxygen atoms in total. The fourth-order valence-corrected chi connectivity index (χ4v) is 6.17. The Morgan fingerprint density at radius 3 is 1.53 bits per heavy atom. The quantitative estimate of drug-likeness (QED) is 0.175. The van der Waals surface area contributed by atoms with Gasteiger partial charge in [-0.1, -0.05) is 149 Å². The summed E-state index contributed by atoms with van der Waals surface area (Å²) in [5.41, 5.74) is -0.242. The summed E-state index contributed by atoms with van der Waals surface area (Å²) >= 11 is 0. The summed E-state index contributed by atoms with van der Waals surface area (Å²) in [6, 6.07) is 9.59. The number of rotatable bonds is 19. The molecule has 0 amide bonds. The van der Waals surface area contributed by atoms with Crippen LogP contribution in [0.5, 0.6) is 0 Å². The van der Waals surface area contributed by atoms with Gasteiger partial charge < -0.3 is 10.2 Å². The lowest BCUT2D eigenvalue weighted by Gasteiger charge is -2.44. The second-order valence-corrected chi connectivity index (χ2v) is 14.3. The fourth-order valence-electron chi connectivity index (χ4n) is 6.17. The SMILES string of the molecule is CCCCCCCCCCCCCC(C(O)C(CCC(C)(C(=O)O)c1ccccc1)C(C)(C)C)C(C)(C)C. The number of carbonyl (C=O) groups is 1. The van der Waals surface area contributed by atoms with Gasteiger partial charge in [0.1, 0.15) is 0 Å². The van der Waals surface area contributed by atoms with E-state index in [1.54, 1.807) is 0 Å². The number of aliphatic hydroxyl groups is 1. The van der Waals surface area contributed by atoms with Crippen LogP contribution in [0.4, 0.5) is 0 Å². The molecule has 1 aromatic carbocycles. The minimum atomic E-state index is -0.961. The van der Waals surface area contributed by atoms with E-state index in [0.717, 1.165) is 18.4 Å². The van der Waals surface area contributed by atoms with Crippen molar-refractivity contribution in [2.24, 2.45) is 22.7 Å². The first-order valence-electron chi connectivity index (χ1n) is 15.7. The van der Waals surface area contributed by atoms with Gasteiger partial charge >= 0.3 is 5.97 Å². The predicted octanol–water partition coefficient (Wildman–Crippen LogP) is 10.2. The minimum Gasteiger partial charge on any atom is -0.481 e. The van der Waals surface area contributed by atoms with E-state index in [1.807, 2.05) is 37.3 Å². The molecule has 4 atom stereocenters. The molecule has 0 spiro atoms. The summed E-state index contributed by atoms with van der Waals surface area (Å²) in [5, 5.41) is 22.0. The molecule has 0 fully saturated rings. The van der Waals surface area contributed by atoms with E-state index >= 15 is 0 Å². The number of unbranched alkanes of at least 4 members (excludes halogenated alkanes) is 10. The van der Waals surface area contributed by atoms with Gasteiger partial charge in [-0.15, -0.1) is 0 Å². The monoisotopic (exact) mass is 530 g/mol. The van der Waals surface area contributed by atoms with Crippen LogP contribution in [0, 0.1) is 22.7 Å². The van der Waals surface area contributed by atoms with Crippen LogP contribution in [-0.2, 0) is 10.2 Å². The summed E-state index contributed by atoms with van der Waals surface area (Å²) < 4.78 is 0. The van der Waals surface area contributed by atoms with E-state index < -0.39 is 17.5 Å². The van der Waals surface area contributed by atoms with Crippen LogP contribution in [0.2, 0.25) is 0 Å². The highest BCUT2D eigenvalue weighted by Gasteiger charge is 2.42. The molecule has 0 heterocycles. The normalized spacial score (nSPS) is 16.6. The van der Waals surface area contributed by atoms with Crippen LogP contribution in [0.1, 0.15) is 151 Å². The zero-order valence-electron chi connectivity index (χ0n) is 26.3. The fraction of sp³-hybridized carbons (Fsp3) is 0.800. The first-order chi connectivity index (χ1) is 17.7. The zero-order chi connectivity index (χ0) is 28.8. The topological polar surface area (TPSA) is 57.5 Å². The van der Waals surface area contributed by atoms with Gasteiger partial charge in [-0.3, -0.25) is 4.79 Å². The third-order valence-electron chi connectivity index (χ3n) is 9.01.